The molecular weight excluding hydrogens is 348 g/mol. The van der Waals surface area contributed by atoms with Gasteiger partial charge in [0, 0.05) is 29.4 Å². The van der Waals surface area contributed by atoms with Crippen molar-refractivity contribution in [2.24, 2.45) is 5.92 Å². The van der Waals surface area contributed by atoms with Crippen molar-refractivity contribution in [3.05, 3.63) is 41.6 Å². The van der Waals surface area contributed by atoms with Gasteiger partial charge < -0.3 is 4.90 Å². The highest BCUT2D eigenvalue weighted by Gasteiger charge is 2.40. The van der Waals surface area contributed by atoms with E-state index in [4.69, 9.17) is 0 Å². The summed E-state index contributed by atoms with van der Waals surface area (Å²) in [6.45, 7) is 10.6. The quantitative estimate of drug-likeness (QED) is 0.571. The van der Waals surface area contributed by atoms with Crippen LogP contribution in [0.4, 0.5) is 5.69 Å². The molecule has 146 valence electrons. The molecule has 0 N–H and O–H groups in total. The summed E-state index contributed by atoms with van der Waals surface area (Å²) in [6.07, 6.45) is 11.1. The van der Waals surface area contributed by atoms with Crippen LogP contribution in [-0.2, 0) is 5.41 Å². The molecule has 0 radical (unpaired) electrons. The van der Waals surface area contributed by atoms with Crippen LogP contribution < -0.4 is 4.90 Å². The molecular formula is C24H35N2S+. The average molecular weight is 384 g/mol. The third kappa shape index (κ3) is 3.72. The molecule has 0 saturated heterocycles. The molecule has 2 nitrogen and oxygen atoms in total. The van der Waals surface area contributed by atoms with Crippen LogP contribution in [0.25, 0.3) is 0 Å². The van der Waals surface area contributed by atoms with Crippen molar-refractivity contribution in [3.63, 3.8) is 0 Å². The zero-order chi connectivity index (χ0) is 18.9. The van der Waals surface area contributed by atoms with Crippen LogP contribution in [0.3, 0.4) is 0 Å². The van der Waals surface area contributed by atoms with Gasteiger partial charge in [-0.3, -0.25) is 0 Å². The Bertz CT molecular complexity index is 741. The van der Waals surface area contributed by atoms with Gasteiger partial charge in [0.2, 0.25) is 5.04 Å². The van der Waals surface area contributed by atoms with Crippen LogP contribution in [-0.4, -0.2) is 35.0 Å². The third-order valence-corrected chi connectivity index (χ3v) is 7.89. The van der Waals surface area contributed by atoms with Crippen molar-refractivity contribution in [1.82, 2.24) is 0 Å². The van der Waals surface area contributed by atoms with Crippen LogP contribution in [0.2, 0.25) is 0 Å². The van der Waals surface area contributed by atoms with Crippen LogP contribution in [0.5, 0.6) is 0 Å². The molecule has 2 heterocycles. The molecule has 2 aliphatic heterocycles. The first-order valence-electron chi connectivity index (χ1n) is 10.9. The summed E-state index contributed by atoms with van der Waals surface area (Å²) in [5, 5.41) is 1.47. The topological polar surface area (TPSA) is 6.25 Å². The molecule has 0 aromatic heterocycles. The number of anilines is 1. The number of nitrogens with zero attached hydrogens (tertiary/aromatic N) is 2. The lowest BCUT2D eigenvalue weighted by atomic mass is 9.84. The molecule has 3 heteroatoms. The number of para-hydroxylation sites is 1. The molecule has 0 atom stereocenters. The minimum Gasteiger partial charge on any atom is -0.344 e. The summed E-state index contributed by atoms with van der Waals surface area (Å²) in [6, 6.07) is 9.08. The summed E-state index contributed by atoms with van der Waals surface area (Å²) in [5.74, 6) is 2.21. The number of allylic oxidation sites excluding steroid dienone is 1. The van der Waals surface area contributed by atoms with E-state index < -0.39 is 0 Å². The van der Waals surface area contributed by atoms with Crippen LogP contribution in [0, 0.1) is 5.92 Å². The Morgan fingerprint density at radius 1 is 1.22 bits per heavy atom. The number of thioether (sulfide) groups is 1. The summed E-state index contributed by atoms with van der Waals surface area (Å²) in [7, 11) is 0. The molecule has 1 aromatic rings. The first kappa shape index (κ1) is 19.1. The van der Waals surface area contributed by atoms with E-state index in [9.17, 15) is 0 Å². The highest BCUT2D eigenvalue weighted by atomic mass is 32.2. The van der Waals surface area contributed by atoms with E-state index in [1.165, 1.54) is 72.8 Å². The molecule has 0 amide bonds. The van der Waals surface area contributed by atoms with Crippen LogP contribution >= 0.6 is 11.8 Å². The number of benzene rings is 1. The maximum Gasteiger partial charge on any atom is 0.236 e. The molecule has 0 spiro atoms. The maximum atomic E-state index is 2.64. The fourth-order valence-corrected chi connectivity index (χ4v) is 6.32. The minimum absolute atomic E-state index is 0.0829. The van der Waals surface area contributed by atoms with Crippen molar-refractivity contribution < 1.29 is 4.58 Å². The fourth-order valence-electron chi connectivity index (χ4n) is 5.20. The predicted octanol–water partition coefficient (Wildman–Crippen LogP) is 5.82. The molecule has 0 unspecified atom stereocenters. The van der Waals surface area contributed by atoms with Crippen molar-refractivity contribution in [3.8, 4) is 0 Å². The Hall–Kier alpha value is -1.22. The molecule has 0 bridgehead atoms. The smallest absolute Gasteiger partial charge is 0.236 e. The van der Waals surface area contributed by atoms with Gasteiger partial charge in [0.1, 0.15) is 6.54 Å². The van der Waals surface area contributed by atoms with Gasteiger partial charge in [0.05, 0.1) is 5.75 Å². The molecule has 3 aliphatic rings. The van der Waals surface area contributed by atoms with E-state index in [1.807, 2.05) is 11.8 Å². The highest BCUT2D eigenvalue weighted by molar-refractivity contribution is 8.14. The van der Waals surface area contributed by atoms with Gasteiger partial charge in [0.25, 0.3) is 0 Å². The Morgan fingerprint density at radius 3 is 2.78 bits per heavy atom. The van der Waals surface area contributed by atoms with Crippen molar-refractivity contribution in [2.45, 2.75) is 64.7 Å². The Morgan fingerprint density at radius 2 is 2.00 bits per heavy atom. The lowest BCUT2D eigenvalue weighted by Crippen LogP contribution is -2.28. The summed E-state index contributed by atoms with van der Waals surface area (Å²) < 4.78 is 2.54. The van der Waals surface area contributed by atoms with Gasteiger partial charge in [-0.25, -0.2) is 4.58 Å². The molecule has 1 aromatic carbocycles. The van der Waals surface area contributed by atoms with Gasteiger partial charge in [0.15, 0.2) is 6.54 Å². The minimum atomic E-state index is 0.0829. The van der Waals surface area contributed by atoms with Gasteiger partial charge in [-0.05, 0) is 37.3 Å². The third-order valence-electron chi connectivity index (χ3n) is 6.83. The van der Waals surface area contributed by atoms with Gasteiger partial charge in [-0.1, -0.05) is 69.5 Å². The highest BCUT2D eigenvalue weighted by Crippen LogP contribution is 2.48. The summed E-state index contributed by atoms with van der Waals surface area (Å²) >= 11 is 2.03. The first-order chi connectivity index (χ1) is 13.1. The van der Waals surface area contributed by atoms with E-state index in [2.05, 4.69) is 60.6 Å². The molecule has 1 saturated carbocycles. The second kappa shape index (κ2) is 8.03. The number of hydrogen-bond donors (Lipinski definition) is 0. The van der Waals surface area contributed by atoms with E-state index >= 15 is 0 Å². The Labute approximate surface area is 169 Å². The summed E-state index contributed by atoms with van der Waals surface area (Å²) in [4.78, 5) is 2.64. The number of fused-ring (bicyclic) bond motifs is 1. The predicted molar refractivity (Wildman–Crippen MR) is 119 cm³/mol. The van der Waals surface area contributed by atoms with Crippen molar-refractivity contribution in [2.75, 3.05) is 30.3 Å². The standard InChI is InChI=1S/C24H35N2S/c1-4-25-16-17-27-23(25)18-22-24(2,3)20-13-7-8-14-21(20)26(22)15-9-12-19-10-5-6-11-19/h7-8,13-14,18-19H,4-6,9-12,15-17H2,1-3H3/q+1. The lowest BCUT2D eigenvalue weighted by Gasteiger charge is -2.27. The molecule has 27 heavy (non-hydrogen) atoms. The number of rotatable bonds is 6. The van der Waals surface area contributed by atoms with Crippen molar-refractivity contribution >= 4 is 22.5 Å². The SMILES string of the molecule is CC[N+]1=C(/C=C2/N(CCCC3CCCC3)c3ccccc3C2(C)C)SCC1. The van der Waals surface area contributed by atoms with Gasteiger partial charge in [-0.15, -0.1) is 0 Å². The van der Waals surface area contributed by atoms with Gasteiger partial charge >= 0.3 is 0 Å². The zero-order valence-electron chi connectivity index (χ0n) is 17.3. The lowest BCUT2D eigenvalue weighted by molar-refractivity contribution is -0.513. The molecule has 1 fully saturated rings. The van der Waals surface area contributed by atoms with Crippen LogP contribution in [0.15, 0.2) is 36.0 Å². The largest absolute Gasteiger partial charge is 0.344 e. The van der Waals surface area contributed by atoms with E-state index in [-0.39, 0.29) is 5.41 Å². The normalized spacial score (nSPS) is 23.7. The van der Waals surface area contributed by atoms with E-state index in [1.54, 1.807) is 0 Å². The Balaban J connectivity index is 1.62. The monoisotopic (exact) mass is 383 g/mol. The summed E-state index contributed by atoms with van der Waals surface area (Å²) in [5.41, 5.74) is 4.51. The second-order valence-electron chi connectivity index (χ2n) is 8.88. The second-order valence-corrected chi connectivity index (χ2v) is 10.00. The van der Waals surface area contributed by atoms with Crippen LogP contribution in [0.1, 0.15) is 64.9 Å². The molecule has 4 rings (SSSR count). The number of hydrogen-bond acceptors (Lipinski definition) is 2. The first-order valence-corrected chi connectivity index (χ1v) is 11.9. The average Bonchev–Trinajstić information content (AvgIpc) is 3.38. The van der Waals surface area contributed by atoms with E-state index in [0.29, 0.717) is 0 Å². The molecule has 1 aliphatic carbocycles. The van der Waals surface area contributed by atoms with Crippen molar-refractivity contribution in [1.29, 1.82) is 0 Å². The zero-order valence-corrected chi connectivity index (χ0v) is 18.2. The Kier molecular flexibility index (Phi) is 5.68. The fraction of sp³-hybridized carbons (Fsp3) is 0.625. The van der Waals surface area contributed by atoms with Gasteiger partial charge in [-0.2, -0.15) is 0 Å². The maximum absolute atomic E-state index is 2.64. The van der Waals surface area contributed by atoms with E-state index in [0.717, 1.165) is 19.0 Å².